The Balaban J connectivity index is 2.25. The standard InChI is InChI=1S/C13H17ClN2O2/c1-8-5-9(3-4-11(8)14)10-6-15-7-12(10)16(2)13(17)18/h3-5,10,12,15H,6-7H2,1-2H3,(H,17,18)/t10-,12+/m1/s1. The van der Waals surface area contributed by atoms with Crippen LogP contribution in [0.3, 0.4) is 0 Å². The monoisotopic (exact) mass is 268 g/mol. The number of rotatable bonds is 2. The van der Waals surface area contributed by atoms with Gasteiger partial charge in [0.2, 0.25) is 0 Å². The van der Waals surface area contributed by atoms with Crippen LogP contribution in [-0.4, -0.2) is 42.3 Å². The van der Waals surface area contributed by atoms with Crippen LogP contribution >= 0.6 is 11.6 Å². The Kier molecular flexibility index (Phi) is 3.78. The second kappa shape index (κ2) is 5.16. The van der Waals surface area contributed by atoms with E-state index >= 15 is 0 Å². The Hall–Kier alpha value is -1.26. The molecule has 2 N–H and O–H groups in total. The minimum absolute atomic E-state index is 0.0249. The van der Waals surface area contributed by atoms with E-state index in [1.54, 1.807) is 7.05 Å². The van der Waals surface area contributed by atoms with E-state index in [0.717, 1.165) is 22.7 Å². The molecule has 1 saturated heterocycles. The highest BCUT2D eigenvalue weighted by Gasteiger charge is 2.33. The average molecular weight is 269 g/mol. The van der Waals surface area contributed by atoms with Crippen molar-refractivity contribution in [1.82, 2.24) is 10.2 Å². The third kappa shape index (κ3) is 2.44. The van der Waals surface area contributed by atoms with Gasteiger partial charge in [-0.15, -0.1) is 0 Å². The highest BCUT2D eigenvalue weighted by Crippen LogP contribution is 2.28. The summed E-state index contributed by atoms with van der Waals surface area (Å²) in [7, 11) is 1.62. The largest absolute Gasteiger partial charge is 0.465 e. The number of nitrogens with one attached hydrogen (secondary N) is 1. The van der Waals surface area contributed by atoms with Crippen LogP contribution in [0.4, 0.5) is 4.79 Å². The zero-order chi connectivity index (χ0) is 13.3. The van der Waals surface area contributed by atoms with Crippen molar-refractivity contribution in [2.24, 2.45) is 0 Å². The minimum atomic E-state index is -0.889. The maximum absolute atomic E-state index is 11.1. The fraction of sp³-hybridized carbons (Fsp3) is 0.462. The summed E-state index contributed by atoms with van der Waals surface area (Å²) in [6.45, 7) is 3.45. The van der Waals surface area contributed by atoms with Gasteiger partial charge >= 0.3 is 6.09 Å². The Morgan fingerprint density at radius 2 is 2.22 bits per heavy atom. The van der Waals surface area contributed by atoms with Crippen molar-refractivity contribution in [3.8, 4) is 0 Å². The lowest BCUT2D eigenvalue weighted by atomic mass is 9.92. The molecule has 1 aromatic carbocycles. The van der Waals surface area contributed by atoms with Gasteiger partial charge in [-0.3, -0.25) is 0 Å². The fourth-order valence-electron chi connectivity index (χ4n) is 2.45. The molecule has 1 aliphatic rings. The first kappa shape index (κ1) is 13.2. The normalized spacial score (nSPS) is 23.1. The first-order chi connectivity index (χ1) is 8.50. The third-order valence-electron chi connectivity index (χ3n) is 3.59. The first-order valence-electron chi connectivity index (χ1n) is 5.93. The van der Waals surface area contributed by atoms with Gasteiger partial charge in [-0.25, -0.2) is 4.79 Å². The summed E-state index contributed by atoms with van der Waals surface area (Å²) in [5.41, 5.74) is 2.16. The molecule has 1 aromatic rings. The molecule has 18 heavy (non-hydrogen) atoms. The number of likely N-dealkylation sites (N-methyl/N-ethyl adjacent to an activating group) is 1. The van der Waals surface area contributed by atoms with Gasteiger partial charge in [-0.1, -0.05) is 23.7 Å². The van der Waals surface area contributed by atoms with E-state index < -0.39 is 6.09 Å². The molecule has 0 aliphatic carbocycles. The molecule has 0 saturated carbocycles. The van der Waals surface area contributed by atoms with E-state index in [0.29, 0.717) is 6.54 Å². The maximum atomic E-state index is 11.1. The molecule has 0 spiro atoms. The van der Waals surface area contributed by atoms with Crippen LogP contribution in [0.15, 0.2) is 18.2 Å². The summed E-state index contributed by atoms with van der Waals surface area (Å²) in [5, 5.41) is 13.1. The Bertz CT molecular complexity index is 464. The molecule has 4 nitrogen and oxygen atoms in total. The maximum Gasteiger partial charge on any atom is 0.407 e. The molecular weight excluding hydrogens is 252 g/mol. The van der Waals surface area contributed by atoms with Crippen LogP contribution in [-0.2, 0) is 0 Å². The van der Waals surface area contributed by atoms with E-state index in [-0.39, 0.29) is 12.0 Å². The molecular formula is C13H17ClN2O2. The predicted molar refractivity (Wildman–Crippen MR) is 71.4 cm³/mol. The van der Waals surface area contributed by atoms with Crippen molar-refractivity contribution in [3.63, 3.8) is 0 Å². The van der Waals surface area contributed by atoms with Crippen LogP contribution in [0.25, 0.3) is 0 Å². The van der Waals surface area contributed by atoms with Crippen LogP contribution in [0, 0.1) is 6.92 Å². The topological polar surface area (TPSA) is 52.6 Å². The molecule has 98 valence electrons. The summed E-state index contributed by atoms with van der Waals surface area (Å²) < 4.78 is 0. The molecule has 1 heterocycles. The second-order valence-corrected chi connectivity index (χ2v) is 5.14. The molecule has 0 bridgehead atoms. The van der Waals surface area contributed by atoms with E-state index in [1.165, 1.54) is 4.90 Å². The molecule has 2 atom stereocenters. The summed E-state index contributed by atoms with van der Waals surface area (Å²) in [4.78, 5) is 12.4. The number of nitrogens with zero attached hydrogens (tertiary/aromatic N) is 1. The minimum Gasteiger partial charge on any atom is -0.465 e. The number of halogens is 1. The molecule has 0 aromatic heterocycles. The molecule has 0 radical (unpaired) electrons. The summed E-state index contributed by atoms with van der Waals surface area (Å²) in [6, 6.07) is 5.88. The number of hydrogen-bond donors (Lipinski definition) is 2. The van der Waals surface area contributed by atoms with Crippen LogP contribution < -0.4 is 5.32 Å². The third-order valence-corrected chi connectivity index (χ3v) is 4.02. The first-order valence-corrected chi connectivity index (χ1v) is 6.31. The molecule has 1 amide bonds. The molecule has 1 aliphatic heterocycles. The van der Waals surface area contributed by atoms with Gasteiger partial charge < -0.3 is 15.3 Å². The van der Waals surface area contributed by atoms with Gasteiger partial charge in [0, 0.05) is 31.1 Å². The van der Waals surface area contributed by atoms with Crippen LogP contribution in [0.1, 0.15) is 17.0 Å². The highest BCUT2D eigenvalue weighted by atomic mass is 35.5. The van der Waals surface area contributed by atoms with E-state index in [9.17, 15) is 4.79 Å². The van der Waals surface area contributed by atoms with E-state index in [4.69, 9.17) is 16.7 Å². The van der Waals surface area contributed by atoms with Gasteiger partial charge in [0.1, 0.15) is 0 Å². The quantitative estimate of drug-likeness (QED) is 0.865. The van der Waals surface area contributed by atoms with Gasteiger partial charge in [0.15, 0.2) is 0 Å². The molecule has 2 rings (SSSR count). The molecule has 1 fully saturated rings. The number of aryl methyl sites for hydroxylation is 1. The smallest absolute Gasteiger partial charge is 0.407 e. The average Bonchev–Trinajstić information content (AvgIpc) is 2.80. The zero-order valence-corrected chi connectivity index (χ0v) is 11.2. The Morgan fingerprint density at radius 3 is 2.83 bits per heavy atom. The number of hydrogen-bond acceptors (Lipinski definition) is 2. The SMILES string of the molecule is Cc1cc([C@H]2CNC[C@@H]2N(C)C(=O)O)ccc1Cl. The fourth-order valence-corrected chi connectivity index (χ4v) is 2.57. The van der Waals surface area contributed by atoms with Crippen molar-refractivity contribution >= 4 is 17.7 Å². The number of carbonyl (C=O) groups is 1. The van der Waals surface area contributed by atoms with Crippen LogP contribution in [0.2, 0.25) is 5.02 Å². The summed E-state index contributed by atoms with van der Waals surface area (Å²) in [6.07, 6.45) is -0.889. The van der Waals surface area contributed by atoms with Gasteiger partial charge in [-0.05, 0) is 24.1 Å². The van der Waals surface area contributed by atoms with Crippen molar-refractivity contribution < 1.29 is 9.90 Å². The summed E-state index contributed by atoms with van der Waals surface area (Å²) >= 11 is 6.02. The van der Waals surface area contributed by atoms with E-state index in [1.807, 2.05) is 25.1 Å². The molecule has 5 heteroatoms. The number of amides is 1. The van der Waals surface area contributed by atoms with Gasteiger partial charge in [0.25, 0.3) is 0 Å². The Morgan fingerprint density at radius 1 is 1.50 bits per heavy atom. The highest BCUT2D eigenvalue weighted by molar-refractivity contribution is 6.31. The zero-order valence-electron chi connectivity index (χ0n) is 10.5. The van der Waals surface area contributed by atoms with Gasteiger partial charge in [-0.2, -0.15) is 0 Å². The number of benzene rings is 1. The number of carboxylic acid groups (broad SMARTS) is 1. The second-order valence-electron chi connectivity index (χ2n) is 4.73. The van der Waals surface area contributed by atoms with E-state index in [2.05, 4.69) is 5.32 Å². The van der Waals surface area contributed by atoms with Crippen molar-refractivity contribution in [1.29, 1.82) is 0 Å². The van der Waals surface area contributed by atoms with Crippen molar-refractivity contribution in [2.45, 2.75) is 18.9 Å². The Labute approximate surface area is 112 Å². The lowest BCUT2D eigenvalue weighted by Crippen LogP contribution is -2.40. The van der Waals surface area contributed by atoms with Crippen LogP contribution in [0.5, 0.6) is 0 Å². The lowest BCUT2D eigenvalue weighted by molar-refractivity contribution is 0.138. The van der Waals surface area contributed by atoms with Gasteiger partial charge in [0.05, 0.1) is 6.04 Å². The van der Waals surface area contributed by atoms with Crippen molar-refractivity contribution in [3.05, 3.63) is 34.3 Å². The van der Waals surface area contributed by atoms with Crippen molar-refractivity contribution in [2.75, 3.05) is 20.1 Å². The predicted octanol–water partition coefficient (Wildman–Crippen LogP) is 2.31. The lowest BCUT2D eigenvalue weighted by Gasteiger charge is -2.27. The molecule has 0 unspecified atom stereocenters. The summed E-state index contributed by atoms with van der Waals surface area (Å²) in [5.74, 6) is 0.182.